The summed E-state index contributed by atoms with van der Waals surface area (Å²) in [5, 5.41) is 1.28. The Labute approximate surface area is 111 Å². The molecule has 0 amide bonds. The minimum absolute atomic E-state index is 0.889. The first kappa shape index (κ1) is 16.3. The number of rotatable bonds is 2. The van der Waals surface area contributed by atoms with Gasteiger partial charge in [-0.1, -0.05) is 58.4 Å². The van der Waals surface area contributed by atoms with Crippen LogP contribution in [0.15, 0.2) is 42.7 Å². The van der Waals surface area contributed by atoms with Gasteiger partial charge in [0.25, 0.3) is 0 Å². The molecule has 18 heavy (non-hydrogen) atoms. The minimum atomic E-state index is 0.889. The predicted octanol–water partition coefficient (Wildman–Crippen LogP) is 4.63. The van der Waals surface area contributed by atoms with Gasteiger partial charge in [0, 0.05) is 17.1 Å². The largest absolute Gasteiger partial charge is 0.405 e. The number of para-hydroxylation sites is 1. The van der Waals surface area contributed by atoms with Crippen LogP contribution in [0.5, 0.6) is 0 Å². The SMILES string of the molecule is CC.CCC.N/C=C/Cc1c[nH]c2ccccc12. The van der Waals surface area contributed by atoms with E-state index < -0.39 is 0 Å². The highest BCUT2D eigenvalue weighted by molar-refractivity contribution is 5.83. The molecular formula is C16H26N2. The van der Waals surface area contributed by atoms with Crippen LogP contribution >= 0.6 is 0 Å². The first-order chi connectivity index (χ1) is 8.83. The summed E-state index contributed by atoms with van der Waals surface area (Å²) < 4.78 is 0. The highest BCUT2D eigenvalue weighted by atomic mass is 14.7. The van der Waals surface area contributed by atoms with Gasteiger partial charge in [-0.25, -0.2) is 0 Å². The van der Waals surface area contributed by atoms with E-state index in [1.54, 1.807) is 6.20 Å². The van der Waals surface area contributed by atoms with E-state index in [4.69, 9.17) is 5.73 Å². The van der Waals surface area contributed by atoms with E-state index in [0.29, 0.717) is 0 Å². The van der Waals surface area contributed by atoms with Crippen LogP contribution in [0.4, 0.5) is 0 Å². The summed E-state index contributed by atoms with van der Waals surface area (Å²) >= 11 is 0. The fourth-order valence-electron chi connectivity index (χ4n) is 1.50. The topological polar surface area (TPSA) is 41.8 Å². The molecule has 0 aliphatic heterocycles. The maximum Gasteiger partial charge on any atom is 0.0456 e. The molecule has 0 aliphatic rings. The lowest BCUT2D eigenvalue weighted by Gasteiger charge is -1.92. The monoisotopic (exact) mass is 246 g/mol. The zero-order chi connectivity index (χ0) is 13.8. The first-order valence-corrected chi connectivity index (χ1v) is 6.75. The van der Waals surface area contributed by atoms with E-state index in [-0.39, 0.29) is 0 Å². The Morgan fingerprint density at radius 1 is 1.17 bits per heavy atom. The van der Waals surface area contributed by atoms with Crippen molar-refractivity contribution in [1.29, 1.82) is 0 Å². The van der Waals surface area contributed by atoms with E-state index in [0.717, 1.165) is 6.42 Å². The number of hydrogen-bond acceptors (Lipinski definition) is 1. The number of fused-ring (bicyclic) bond motifs is 1. The van der Waals surface area contributed by atoms with Crippen LogP contribution in [-0.2, 0) is 6.42 Å². The number of nitrogens with one attached hydrogen (secondary N) is 1. The quantitative estimate of drug-likeness (QED) is 0.797. The number of benzene rings is 1. The van der Waals surface area contributed by atoms with Gasteiger partial charge in [0.05, 0.1) is 0 Å². The molecule has 0 unspecified atom stereocenters. The molecule has 100 valence electrons. The minimum Gasteiger partial charge on any atom is -0.405 e. The van der Waals surface area contributed by atoms with Crippen LogP contribution in [0, 0.1) is 0 Å². The normalized spacial score (nSPS) is 9.56. The summed E-state index contributed by atoms with van der Waals surface area (Å²) in [5.74, 6) is 0. The van der Waals surface area contributed by atoms with Crippen molar-refractivity contribution in [3.8, 4) is 0 Å². The van der Waals surface area contributed by atoms with E-state index in [1.165, 1.54) is 22.9 Å². The Kier molecular flexibility index (Phi) is 9.47. The molecule has 1 heterocycles. The summed E-state index contributed by atoms with van der Waals surface area (Å²) in [5.41, 5.74) is 7.77. The molecule has 3 N–H and O–H groups in total. The van der Waals surface area contributed by atoms with Crippen LogP contribution in [0.3, 0.4) is 0 Å². The van der Waals surface area contributed by atoms with Crippen LogP contribution in [0.2, 0.25) is 0 Å². The van der Waals surface area contributed by atoms with E-state index in [9.17, 15) is 0 Å². The van der Waals surface area contributed by atoms with Crippen molar-refractivity contribution in [3.63, 3.8) is 0 Å². The second kappa shape index (κ2) is 10.5. The van der Waals surface area contributed by atoms with Gasteiger partial charge in [-0.15, -0.1) is 0 Å². The molecule has 2 nitrogen and oxygen atoms in total. The van der Waals surface area contributed by atoms with E-state index in [2.05, 4.69) is 31.0 Å². The van der Waals surface area contributed by atoms with Crippen molar-refractivity contribution in [2.75, 3.05) is 0 Å². The average molecular weight is 246 g/mol. The lowest BCUT2D eigenvalue weighted by molar-refractivity contribution is 1.09. The number of aromatic nitrogens is 1. The summed E-state index contributed by atoms with van der Waals surface area (Å²) in [6.07, 6.45) is 7.71. The van der Waals surface area contributed by atoms with Crippen molar-refractivity contribution >= 4 is 10.9 Å². The van der Waals surface area contributed by atoms with Gasteiger partial charge in [0.1, 0.15) is 0 Å². The van der Waals surface area contributed by atoms with Gasteiger partial charge < -0.3 is 10.7 Å². The Balaban J connectivity index is 0.000000509. The van der Waals surface area contributed by atoms with Gasteiger partial charge in [0.2, 0.25) is 0 Å². The summed E-state index contributed by atoms with van der Waals surface area (Å²) in [6, 6.07) is 8.27. The van der Waals surface area contributed by atoms with Gasteiger partial charge in [-0.3, -0.25) is 0 Å². The number of allylic oxidation sites excluding steroid dienone is 1. The highest BCUT2D eigenvalue weighted by Crippen LogP contribution is 2.17. The Morgan fingerprint density at radius 3 is 2.39 bits per heavy atom. The molecule has 0 atom stereocenters. The zero-order valence-electron chi connectivity index (χ0n) is 12.0. The molecule has 0 saturated carbocycles. The third kappa shape index (κ3) is 5.09. The average Bonchev–Trinajstić information content (AvgIpc) is 2.83. The van der Waals surface area contributed by atoms with E-state index in [1.807, 2.05) is 38.3 Å². The predicted molar refractivity (Wildman–Crippen MR) is 82.6 cm³/mol. The van der Waals surface area contributed by atoms with Crippen LogP contribution in [-0.4, -0.2) is 4.98 Å². The molecule has 2 aromatic rings. The Bertz CT molecular complexity index is 441. The molecule has 0 radical (unpaired) electrons. The molecule has 0 bridgehead atoms. The number of aromatic amines is 1. The molecule has 2 heteroatoms. The fourth-order valence-corrected chi connectivity index (χ4v) is 1.50. The number of hydrogen-bond donors (Lipinski definition) is 2. The molecule has 0 spiro atoms. The highest BCUT2D eigenvalue weighted by Gasteiger charge is 1.99. The Hall–Kier alpha value is -1.70. The summed E-state index contributed by atoms with van der Waals surface area (Å²) in [6.45, 7) is 8.25. The summed E-state index contributed by atoms with van der Waals surface area (Å²) in [4.78, 5) is 3.22. The molecule has 0 aliphatic carbocycles. The summed E-state index contributed by atoms with van der Waals surface area (Å²) in [7, 11) is 0. The third-order valence-corrected chi connectivity index (χ3v) is 2.15. The lowest BCUT2D eigenvalue weighted by Crippen LogP contribution is -1.81. The number of nitrogens with two attached hydrogens (primary N) is 1. The standard InChI is InChI=1S/C11H12N2.C3H8.C2H6/c12-7-3-4-9-8-13-11-6-2-1-5-10(9)11;1-3-2;1-2/h1-3,5-8,13H,4,12H2;3H2,1-2H3;1-2H3/b7-3+;;. The fraction of sp³-hybridized carbons (Fsp3) is 0.375. The van der Waals surface area contributed by atoms with Gasteiger partial charge in [-0.2, -0.15) is 0 Å². The molecular weight excluding hydrogens is 220 g/mol. The van der Waals surface area contributed by atoms with E-state index >= 15 is 0 Å². The van der Waals surface area contributed by atoms with Crippen molar-refractivity contribution in [1.82, 2.24) is 4.98 Å². The van der Waals surface area contributed by atoms with Crippen LogP contribution < -0.4 is 5.73 Å². The molecule has 1 aromatic carbocycles. The van der Waals surface area contributed by atoms with Crippen molar-refractivity contribution < 1.29 is 0 Å². The Morgan fingerprint density at radius 2 is 1.78 bits per heavy atom. The molecule has 0 saturated heterocycles. The van der Waals surface area contributed by atoms with Crippen molar-refractivity contribution in [2.45, 2.75) is 40.5 Å². The second-order valence-corrected chi connectivity index (χ2v) is 3.70. The third-order valence-electron chi connectivity index (χ3n) is 2.15. The molecule has 2 rings (SSSR count). The van der Waals surface area contributed by atoms with Crippen LogP contribution in [0.25, 0.3) is 10.9 Å². The maximum atomic E-state index is 5.30. The first-order valence-electron chi connectivity index (χ1n) is 6.75. The smallest absolute Gasteiger partial charge is 0.0456 e. The van der Waals surface area contributed by atoms with Gasteiger partial charge >= 0.3 is 0 Å². The zero-order valence-corrected chi connectivity index (χ0v) is 12.0. The van der Waals surface area contributed by atoms with Crippen molar-refractivity contribution in [3.05, 3.63) is 48.3 Å². The van der Waals surface area contributed by atoms with Crippen molar-refractivity contribution in [2.24, 2.45) is 5.73 Å². The molecule has 1 aromatic heterocycles. The van der Waals surface area contributed by atoms with Gasteiger partial charge in [-0.05, 0) is 24.3 Å². The maximum absolute atomic E-state index is 5.30. The molecule has 0 fully saturated rings. The lowest BCUT2D eigenvalue weighted by atomic mass is 10.1. The van der Waals surface area contributed by atoms with Crippen LogP contribution in [0.1, 0.15) is 39.7 Å². The number of H-pyrrole nitrogens is 1. The van der Waals surface area contributed by atoms with Gasteiger partial charge in [0.15, 0.2) is 0 Å². The second-order valence-electron chi connectivity index (χ2n) is 3.70.